The van der Waals surface area contributed by atoms with Gasteiger partial charge in [-0.15, -0.1) is 0 Å². The lowest BCUT2D eigenvalue weighted by atomic mass is 9.99. The number of ether oxygens (including phenoxy) is 1. The number of hydrogen-bond acceptors (Lipinski definition) is 6. The second-order valence-corrected chi connectivity index (χ2v) is 5.10. The molecule has 1 aliphatic rings. The van der Waals surface area contributed by atoms with E-state index in [9.17, 15) is 9.90 Å². The number of nitrogens with one attached hydrogen (secondary N) is 1. The van der Waals surface area contributed by atoms with Crippen molar-refractivity contribution in [3.63, 3.8) is 0 Å². The molecule has 8 heteroatoms. The van der Waals surface area contributed by atoms with Gasteiger partial charge in [-0.05, 0) is 6.42 Å². The van der Waals surface area contributed by atoms with Gasteiger partial charge in [0, 0.05) is 5.92 Å². The van der Waals surface area contributed by atoms with Crippen molar-refractivity contribution < 1.29 is 9.84 Å². The highest BCUT2D eigenvalue weighted by molar-refractivity contribution is 5.70. The maximum absolute atomic E-state index is 11.7. The first-order valence-corrected chi connectivity index (χ1v) is 6.58. The van der Waals surface area contributed by atoms with E-state index in [0.717, 1.165) is 6.42 Å². The Kier molecular flexibility index (Phi) is 2.98. The molecule has 4 N–H and O–H groups in total. The van der Waals surface area contributed by atoms with Gasteiger partial charge in [-0.25, -0.2) is 4.98 Å². The Morgan fingerprint density at radius 2 is 2.35 bits per heavy atom. The summed E-state index contributed by atoms with van der Waals surface area (Å²) in [6.45, 7) is 3.94. The van der Waals surface area contributed by atoms with Gasteiger partial charge in [0.15, 0.2) is 17.4 Å². The van der Waals surface area contributed by atoms with Crippen LogP contribution in [-0.4, -0.2) is 36.8 Å². The average molecular weight is 279 g/mol. The van der Waals surface area contributed by atoms with Crippen molar-refractivity contribution in [2.45, 2.75) is 38.7 Å². The van der Waals surface area contributed by atoms with Gasteiger partial charge in [0.1, 0.15) is 6.10 Å². The van der Waals surface area contributed by atoms with Gasteiger partial charge in [-0.1, -0.05) is 13.8 Å². The van der Waals surface area contributed by atoms with E-state index >= 15 is 0 Å². The quantitative estimate of drug-likeness (QED) is 0.712. The van der Waals surface area contributed by atoms with E-state index in [-0.39, 0.29) is 23.5 Å². The molecular formula is C12H17N5O3. The molecule has 1 fully saturated rings. The minimum absolute atomic E-state index is 0.00166. The molecule has 8 nitrogen and oxygen atoms in total. The molecule has 1 saturated heterocycles. The number of aromatic nitrogens is 4. The van der Waals surface area contributed by atoms with Crippen molar-refractivity contribution in [1.29, 1.82) is 0 Å². The van der Waals surface area contributed by atoms with Crippen molar-refractivity contribution in [2.75, 3.05) is 5.73 Å². The zero-order chi connectivity index (χ0) is 14.4. The normalized spacial score (nSPS) is 30.1. The summed E-state index contributed by atoms with van der Waals surface area (Å²) in [6, 6.07) is 0. The van der Waals surface area contributed by atoms with Crippen molar-refractivity contribution in [3.8, 4) is 0 Å². The van der Waals surface area contributed by atoms with Crippen LogP contribution in [0.5, 0.6) is 0 Å². The Morgan fingerprint density at radius 3 is 3.00 bits per heavy atom. The van der Waals surface area contributed by atoms with Gasteiger partial charge in [0.2, 0.25) is 5.95 Å². The zero-order valence-electron chi connectivity index (χ0n) is 11.3. The molecule has 0 radical (unpaired) electrons. The van der Waals surface area contributed by atoms with Crippen LogP contribution in [-0.2, 0) is 4.74 Å². The summed E-state index contributed by atoms with van der Waals surface area (Å²) in [5, 5.41) is 10.3. The number of nitrogen functional groups attached to an aromatic ring is 1. The van der Waals surface area contributed by atoms with E-state index in [1.54, 1.807) is 4.57 Å². The van der Waals surface area contributed by atoms with Crippen LogP contribution in [0.2, 0.25) is 0 Å². The second kappa shape index (κ2) is 4.57. The fourth-order valence-electron chi connectivity index (χ4n) is 2.69. The number of imidazole rings is 1. The topological polar surface area (TPSA) is 119 Å². The number of fused-ring (bicyclic) bond motifs is 1. The third kappa shape index (κ3) is 1.80. The third-order valence-electron chi connectivity index (χ3n) is 3.86. The van der Waals surface area contributed by atoms with Gasteiger partial charge in [0.05, 0.1) is 12.4 Å². The van der Waals surface area contributed by atoms with Crippen LogP contribution < -0.4 is 11.3 Å². The van der Waals surface area contributed by atoms with Crippen molar-refractivity contribution in [3.05, 3.63) is 16.7 Å². The van der Waals surface area contributed by atoms with E-state index in [2.05, 4.69) is 15.0 Å². The number of nitrogens with zero attached hydrogens (tertiary/aromatic N) is 3. The van der Waals surface area contributed by atoms with Gasteiger partial charge in [-0.3, -0.25) is 14.3 Å². The highest BCUT2D eigenvalue weighted by Crippen LogP contribution is 2.36. The molecule has 0 bridgehead atoms. The standard InChI is InChI=1S/C12H17N5O3/c1-3-6-5(2)8(18)11(20-6)17-4-14-7-9(17)15-12(13)16-10(7)19/h4-6,8,11,18H,3H2,1-2H3,(H3,13,15,16,19)/t5?,6-,8?,11-/m1/s1. The van der Waals surface area contributed by atoms with Crippen LogP contribution in [0.25, 0.3) is 11.2 Å². The van der Waals surface area contributed by atoms with Crippen LogP contribution in [0, 0.1) is 5.92 Å². The fraction of sp³-hybridized carbons (Fsp3) is 0.583. The van der Waals surface area contributed by atoms with Gasteiger partial charge < -0.3 is 15.6 Å². The SMILES string of the molecule is CC[C@H]1O[C@@H](n2cnc3c(=O)[nH]c(N)nc32)C(O)C1C. The minimum Gasteiger partial charge on any atom is -0.388 e. The summed E-state index contributed by atoms with van der Waals surface area (Å²) in [5.41, 5.74) is 5.65. The third-order valence-corrected chi connectivity index (χ3v) is 3.86. The van der Waals surface area contributed by atoms with E-state index in [4.69, 9.17) is 10.5 Å². The van der Waals surface area contributed by atoms with Crippen LogP contribution in [0.1, 0.15) is 26.5 Å². The predicted octanol–water partition coefficient (Wildman–Crippen LogP) is 0.00620. The Morgan fingerprint density at radius 1 is 1.60 bits per heavy atom. The van der Waals surface area contributed by atoms with Gasteiger partial charge in [0.25, 0.3) is 5.56 Å². The Hall–Kier alpha value is -1.93. The summed E-state index contributed by atoms with van der Waals surface area (Å²) in [6.07, 6.45) is 0.933. The van der Waals surface area contributed by atoms with Crippen molar-refractivity contribution in [2.24, 2.45) is 5.92 Å². The molecular weight excluding hydrogens is 262 g/mol. The lowest BCUT2D eigenvalue weighted by molar-refractivity contribution is -0.0355. The maximum atomic E-state index is 11.7. The van der Waals surface area contributed by atoms with E-state index in [1.807, 2.05) is 13.8 Å². The Balaban J connectivity index is 2.09. The summed E-state index contributed by atoms with van der Waals surface area (Å²) < 4.78 is 7.41. The average Bonchev–Trinajstić information content (AvgIpc) is 2.93. The molecule has 20 heavy (non-hydrogen) atoms. The molecule has 0 aromatic carbocycles. The second-order valence-electron chi connectivity index (χ2n) is 5.10. The molecule has 0 spiro atoms. The first kappa shape index (κ1) is 13.1. The number of aliphatic hydroxyl groups excluding tert-OH is 1. The lowest BCUT2D eigenvalue weighted by Gasteiger charge is -2.16. The number of rotatable bonds is 2. The van der Waals surface area contributed by atoms with E-state index in [1.165, 1.54) is 6.33 Å². The molecule has 2 unspecified atom stereocenters. The number of H-pyrrole nitrogens is 1. The van der Waals surface area contributed by atoms with Crippen LogP contribution in [0.4, 0.5) is 5.95 Å². The highest BCUT2D eigenvalue weighted by atomic mass is 16.5. The lowest BCUT2D eigenvalue weighted by Crippen LogP contribution is -2.24. The van der Waals surface area contributed by atoms with Gasteiger partial charge >= 0.3 is 0 Å². The Labute approximate surface area is 114 Å². The zero-order valence-corrected chi connectivity index (χ0v) is 11.3. The summed E-state index contributed by atoms with van der Waals surface area (Å²) >= 11 is 0. The number of anilines is 1. The molecule has 3 rings (SSSR count). The predicted molar refractivity (Wildman–Crippen MR) is 71.9 cm³/mol. The molecule has 0 saturated carbocycles. The number of aliphatic hydroxyl groups is 1. The summed E-state index contributed by atoms with van der Waals surface area (Å²) in [7, 11) is 0. The molecule has 108 valence electrons. The molecule has 4 atom stereocenters. The Bertz CT molecular complexity index is 694. The number of hydrogen-bond donors (Lipinski definition) is 3. The van der Waals surface area contributed by atoms with Crippen LogP contribution >= 0.6 is 0 Å². The monoisotopic (exact) mass is 279 g/mol. The molecule has 3 heterocycles. The van der Waals surface area contributed by atoms with Gasteiger partial charge in [-0.2, -0.15) is 4.98 Å². The highest BCUT2D eigenvalue weighted by Gasteiger charge is 2.41. The molecule has 1 aliphatic heterocycles. The largest absolute Gasteiger partial charge is 0.388 e. The van der Waals surface area contributed by atoms with Crippen LogP contribution in [0.15, 0.2) is 11.1 Å². The number of aromatic amines is 1. The van der Waals surface area contributed by atoms with E-state index < -0.39 is 17.9 Å². The maximum Gasteiger partial charge on any atom is 0.280 e. The fourth-order valence-corrected chi connectivity index (χ4v) is 2.69. The smallest absolute Gasteiger partial charge is 0.280 e. The summed E-state index contributed by atoms with van der Waals surface area (Å²) in [5.74, 6) is 0.0126. The first-order chi connectivity index (χ1) is 9.52. The minimum atomic E-state index is -0.681. The first-order valence-electron chi connectivity index (χ1n) is 6.58. The molecule has 0 amide bonds. The molecule has 2 aromatic heterocycles. The molecule has 2 aromatic rings. The number of nitrogens with two attached hydrogens (primary N) is 1. The van der Waals surface area contributed by atoms with Crippen LogP contribution in [0.3, 0.4) is 0 Å². The molecule has 0 aliphatic carbocycles. The van der Waals surface area contributed by atoms with E-state index in [0.29, 0.717) is 5.65 Å². The van der Waals surface area contributed by atoms with Crippen molar-refractivity contribution >= 4 is 17.1 Å². The van der Waals surface area contributed by atoms with Crippen molar-refractivity contribution in [1.82, 2.24) is 19.5 Å². The summed E-state index contributed by atoms with van der Waals surface area (Å²) in [4.78, 5) is 22.2.